The molecule has 1 aromatic carbocycles. The van der Waals surface area contributed by atoms with Crippen molar-refractivity contribution in [1.29, 1.82) is 0 Å². The lowest BCUT2D eigenvalue weighted by molar-refractivity contribution is 0.0496. The van der Waals surface area contributed by atoms with E-state index < -0.39 is 5.60 Å². The first-order chi connectivity index (χ1) is 9.39. The predicted molar refractivity (Wildman–Crippen MR) is 79.7 cm³/mol. The maximum atomic E-state index is 11.7. The van der Waals surface area contributed by atoms with Gasteiger partial charge in [0, 0.05) is 25.3 Å². The molecule has 0 spiro atoms. The van der Waals surface area contributed by atoms with Crippen LogP contribution in [-0.4, -0.2) is 30.8 Å². The van der Waals surface area contributed by atoms with Gasteiger partial charge in [-0.15, -0.1) is 0 Å². The second kappa shape index (κ2) is 5.71. The number of alkyl carbamates (subject to hydrolysis) is 1. The van der Waals surface area contributed by atoms with Crippen LogP contribution in [-0.2, 0) is 11.3 Å². The Bertz CT molecular complexity index is 476. The SMILES string of the molecule is CC(C)(C)OC(=O)NC1CN(c2ccccc2CN)C1. The molecule has 1 aromatic rings. The molecule has 0 radical (unpaired) electrons. The van der Waals surface area contributed by atoms with Gasteiger partial charge < -0.3 is 20.7 Å². The molecule has 0 unspecified atom stereocenters. The van der Waals surface area contributed by atoms with E-state index in [1.807, 2.05) is 39.0 Å². The Morgan fingerprint density at radius 3 is 2.65 bits per heavy atom. The number of ether oxygens (including phenoxy) is 1. The summed E-state index contributed by atoms with van der Waals surface area (Å²) in [5, 5.41) is 2.88. The van der Waals surface area contributed by atoms with Gasteiger partial charge in [0.25, 0.3) is 0 Å². The first kappa shape index (κ1) is 14.7. The number of para-hydroxylation sites is 1. The summed E-state index contributed by atoms with van der Waals surface area (Å²) in [7, 11) is 0. The van der Waals surface area contributed by atoms with E-state index in [0.717, 1.165) is 24.3 Å². The molecule has 1 amide bonds. The van der Waals surface area contributed by atoms with Crippen LogP contribution in [0.2, 0.25) is 0 Å². The number of hydrogen-bond donors (Lipinski definition) is 2. The van der Waals surface area contributed by atoms with E-state index in [9.17, 15) is 4.79 Å². The predicted octanol–water partition coefficient (Wildman–Crippen LogP) is 1.86. The number of anilines is 1. The minimum Gasteiger partial charge on any atom is -0.444 e. The van der Waals surface area contributed by atoms with E-state index in [0.29, 0.717) is 6.54 Å². The van der Waals surface area contributed by atoms with Crippen LogP contribution in [0.25, 0.3) is 0 Å². The topological polar surface area (TPSA) is 67.6 Å². The van der Waals surface area contributed by atoms with Crippen LogP contribution < -0.4 is 16.0 Å². The number of benzene rings is 1. The van der Waals surface area contributed by atoms with Gasteiger partial charge >= 0.3 is 6.09 Å². The van der Waals surface area contributed by atoms with Crippen LogP contribution in [0.4, 0.5) is 10.5 Å². The van der Waals surface area contributed by atoms with E-state index in [2.05, 4.69) is 16.3 Å². The smallest absolute Gasteiger partial charge is 0.407 e. The number of amides is 1. The number of rotatable bonds is 3. The first-order valence-electron chi connectivity index (χ1n) is 6.91. The highest BCUT2D eigenvalue weighted by atomic mass is 16.6. The molecule has 1 heterocycles. The molecular weight excluding hydrogens is 254 g/mol. The molecule has 3 N–H and O–H groups in total. The number of hydrogen-bond acceptors (Lipinski definition) is 4. The highest BCUT2D eigenvalue weighted by Gasteiger charge is 2.30. The van der Waals surface area contributed by atoms with Gasteiger partial charge in [-0.3, -0.25) is 0 Å². The number of nitrogens with zero attached hydrogens (tertiary/aromatic N) is 1. The Morgan fingerprint density at radius 2 is 2.05 bits per heavy atom. The molecule has 0 aliphatic carbocycles. The lowest BCUT2D eigenvalue weighted by Crippen LogP contribution is -2.60. The lowest BCUT2D eigenvalue weighted by Gasteiger charge is -2.42. The van der Waals surface area contributed by atoms with Gasteiger partial charge in [0.05, 0.1) is 6.04 Å². The van der Waals surface area contributed by atoms with Crippen molar-refractivity contribution in [2.75, 3.05) is 18.0 Å². The zero-order valence-electron chi connectivity index (χ0n) is 12.3. The van der Waals surface area contributed by atoms with Crippen molar-refractivity contribution in [3.05, 3.63) is 29.8 Å². The fourth-order valence-corrected chi connectivity index (χ4v) is 2.23. The molecule has 1 aliphatic heterocycles. The maximum Gasteiger partial charge on any atom is 0.407 e. The first-order valence-corrected chi connectivity index (χ1v) is 6.91. The van der Waals surface area contributed by atoms with Gasteiger partial charge in [-0.05, 0) is 32.4 Å². The molecule has 5 nitrogen and oxygen atoms in total. The average molecular weight is 277 g/mol. The molecule has 110 valence electrons. The second-order valence-electron chi connectivity index (χ2n) is 6.08. The van der Waals surface area contributed by atoms with Crippen molar-refractivity contribution in [1.82, 2.24) is 5.32 Å². The van der Waals surface area contributed by atoms with E-state index in [1.54, 1.807) is 0 Å². The lowest BCUT2D eigenvalue weighted by atomic mass is 10.0. The third-order valence-electron chi connectivity index (χ3n) is 3.15. The quantitative estimate of drug-likeness (QED) is 0.885. The average Bonchev–Trinajstić information content (AvgIpc) is 2.31. The molecule has 0 atom stereocenters. The molecule has 5 heteroatoms. The van der Waals surface area contributed by atoms with Crippen LogP contribution in [0, 0.1) is 0 Å². The zero-order chi connectivity index (χ0) is 14.8. The zero-order valence-corrected chi connectivity index (χ0v) is 12.3. The Hall–Kier alpha value is -1.75. The third kappa shape index (κ3) is 3.63. The molecule has 2 rings (SSSR count). The Labute approximate surface area is 120 Å². The molecule has 1 saturated heterocycles. The summed E-state index contributed by atoms with van der Waals surface area (Å²) < 4.78 is 5.24. The summed E-state index contributed by atoms with van der Waals surface area (Å²) in [6.45, 7) is 7.68. The molecule has 0 saturated carbocycles. The Kier molecular flexibility index (Phi) is 4.18. The summed E-state index contributed by atoms with van der Waals surface area (Å²) in [6.07, 6.45) is -0.353. The summed E-state index contributed by atoms with van der Waals surface area (Å²) in [5.41, 5.74) is 7.56. The van der Waals surface area contributed by atoms with Crippen LogP contribution >= 0.6 is 0 Å². The van der Waals surface area contributed by atoms with Gasteiger partial charge in [-0.2, -0.15) is 0 Å². The monoisotopic (exact) mass is 277 g/mol. The van der Waals surface area contributed by atoms with Gasteiger partial charge in [-0.1, -0.05) is 18.2 Å². The summed E-state index contributed by atoms with van der Waals surface area (Å²) in [4.78, 5) is 13.9. The van der Waals surface area contributed by atoms with Crippen molar-refractivity contribution < 1.29 is 9.53 Å². The molecular formula is C15H23N3O2. The normalized spacial score (nSPS) is 15.7. The third-order valence-corrected chi connectivity index (χ3v) is 3.15. The second-order valence-corrected chi connectivity index (χ2v) is 6.08. The molecule has 0 bridgehead atoms. The standard InChI is InChI=1S/C15H23N3O2/c1-15(2,3)20-14(19)17-12-9-18(10-12)13-7-5-4-6-11(13)8-16/h4-7,12H,8-10,16H2,1-3H3,(H,17,19). The van der Waals surface area contributed by atoms with Crippen LogP contribution in [0.5, 0.6) is 0 Å². The van der Waals surface area contributed by atoms with Crippen LogP contribution in [0.1, 0.15) is 26.3 Å². The van der Waals surface area contributed by atoms with Gasteiger partial charge in [-0.25, -0.2) is 4.79 Å². The molecule has 1 aliphatic rings. The van der Waals surface area contributed by atoms with E-state index in [4.69, 9.17) is 10.5 Å². The largest absolute Gasteiger partial charge is 0.444 e. The van der Waals surface area contributed by atoms with Crippen molar-refractivity contribution in [2.45, 2.75) is 39.0 Å². The van der Waals surface area contributed by atoms with E-state index >= 15 is 0 Å². The van der Waals surface area contributed by atoms with Crippen LogP contribution in [0.3, 0.4) is 0 Å². The highest BCUT2D eigenvalue weighted by molar-refractivity contribution is 5.69. The number of nitrogens with one attached hydrogen (secondary N) is 1. The number of carbonyl (C=O) groups is 1. The molecule has 0 aromatic heterocycles. The maximum absolute atomic E-state index is 11.7. The summed E-state index contributed by atoms with van der Waals surface area (Å²) in [5.74, 6) is 0. The highest BCUT2D eigenvalue weighted by Crippen LogP contribution is 2.25. The van der Waals surface area contributed by atoms with Crippen molar-refractivity contribution >= 4 is 11.8 Å². The number of carbonyl (C=O) groups excluding carboxylic acids is 1. The Balaban J connectivity index is 1.84. The van der Waals surface area contributed by atoms with E-state index in [-0.39, 0.29) is 12.1 Å². The summed E-state index contributed by atoms with van der Waals surface area (Å²) in [6, 6.07) is 8.22. The van der Waals surface area contributed by atoms with Crippen molar-refractivity contribution in [3.63, 3.8) is 0 Å². The molecule has 1 fully saturated rings. The Morgan fingerprint density at radius 1 is 1.40 bits per heavy atom. The van der Waals surface area contributed by atoms with Crippen molar-refractivity contribution in [2.24, 2.45) is 5.73 Å². The van der Waals surface area contributed by atoms with Crippen molar-refractivity contribution in [3.8, 4) is 0 Å². The minimum absolute atomic E-state index is 0.135. The molecule has 20 heavy (non-hydrogen) atoms. The summed E-state index contributed by atoms with van der Waals surface area (Å²) >= 11 is 0. The fraction of sp³-hybridized carbons (Fsp3) is 0.533. The van der Waals surface area contributed by atoms with Gasteiger partial charge in [0.2, 0.25) is 0 Å². The number of nitrogens with two attached hydrogens (primary N) is 1. The fourth-order valence-electron chi connectivity index (χ4n) is 2.23. The van der Waals surface area contributed by atoms with Crippen LogP contribution in [0.15, 0.2) is 24.3 Å². The van der Waals surface area contributed by atoms with Gasteiger partial charge in [0.15, 0.2) is 0 Å². The minimum atomic E-state index is -0.459. The van der Waals surface area contributed by atoms with E-state index in [1.165, 1.54) is 0 Å². The van der Waals surface area contributed by atoms with Gasteiger partial charge in [0.1, 0.15) is 5.60 Å².